The largest absolute Gasteiger partial charge is 0.507 e. The number of carbonyl (C=O) groups is 1. The zero-order valence-electron chi connectivity index (χ0n) is 8.91. The molecular formula is C11H11BrO4. The Morgan fingerprint density at radius 3 is 2.94 bits per heavy atom. The van der Waals surface area contributed by atoms with Crippen molar-refractivity contribution in [3.05, 3.63) is 21.7 Å². The second-order valence-electron chi connectivity index (χ2n) is 3.69. The van der Waals surface area contributed by atoms with E-state index in [0.29, 0.717) is 22.2 Å². The molecule has 4 nitrogen and oxygen atoms in total. The number of cyclic esters (lactones) is 1. The lowest BCUT2D eigenvalue weighted by molar-refractivity contribution is 0.0295. The second kappa shape index (κ2) is 3.97. The van der Waals surface area contributed by atoms with Crippen molar-refractivity contribution in [1.29, 1.82) is 0 Å². The molecule has 1 aromatic carbocycles. The Labute approximate surface area is 101 Å². The van der Waals surface area contributed by atoms with E-state index in [9.17, 15) is 9.90 Å². The average Bonchev–Trinajstić information content (AvgIpc) is 2.23. The Balaban J connectivity index is 2.68. The van der Waals surface area contributed by atoms with Crippen LogP contribution < -0.4 is 4.74 Å². The summed E-state index contributed by atoms with van der Waals surface area (Å²) in [5, 5.41) is 9.68. The van der Waals surface area contributed by atoms with Crippen molar-refractivity contribution < 1.29 is 19.4 Å². The number of esters is 1. The number of ether oxygens (including phenoxy) is 2. The number of rotatable bonds is 1. The Kier molecular flexibility index (Phi) is 2.80. The maximum atomic E-state index is 11.7. The van der Waals surface area contributed by atoms with Gasteiger partial charge in [0.25, 0.3) is 0 Å². The molecule has 0 fully saturated rings. The van der Waals surface area contributed by atoms with Gasteiger partial charge in [0.1, 0.15) is 23.2 Å². The molecule has 0 aromatic heterocycles. The van der Waals surface area contributed by atoms with Gasteiger partial charge in [0, 0.05) is 12.5 Å². The summed E-state index contributed by atoms with van der Waals surface area (Å²) in [7, 11) is 1.45. The summed E-state index contributed by atoms with van der Waals surface area (Å²) >= 11 is 3.27. The van der Waals surface area contributed by atoms with Gasteiger partial charge in [-0.1, -0.05) is 0 Å². The van der Waals surface area contributed by atoms with E-state index < -0.39 is 5.97 Å². The molecule has 0 bridgehead atoms. The molecule has 0 spiro atoms. The number of hydrogen-bond acceptors (Lipinski definition) is 4. The number of hydrogen-bond donors (Lipinski definition) is 1. The number of methoxy groups -OCH3 is 1. The molecule has 0 saturated heterocycles. The van der Waals surface area contributed by atoms with Gasteiger partial charge in [-0.25, -0.2) is 4.79 Å². The van der Waals surface area contributed by atoms with Crippen molar-refractivity contribution in [2.75, 3.05) is 7.11 Å². The molecule has 1 atom stereocenters. The van der Waals surface area contributed by atoms with Crippen molar-refractivity contribution in [2.45, 2.75) is 19.4 Å². The molecule has 1 aliphatic rings. The van der Waals surface area contributed by atoms with Crippen molar-refractivity contribution in [3.63, 3.8) is 0 Å². The van der Waals surface area contributed by atoms with Crippen molar-refractivity contribution in [1.82, 2.24) is 0 Å². The fourth-order valence-corrected chi connectivity index (χ4v) is 2.29. The fourth-order valence-electron chi connectivity index (χ4n) is 1.82. The number of aromatic hydroxyl groups is 1. The summed E-state index contributed by atoms with van der Waals surface area (Å²) in [6, 6.07) is 1.40. The third-order valence-corrected chi connectivity index (χ3v) is 3.41. The van der Waals surface area contributed by atoms with Crippen LogP contribution in [0.15, 0.2) is 10.5 Å². The van der Waals surface area contributed by atoms with Gasteiger partial charge in [-0.2, -0.15) is 0 Å². The van der Waals surface area contributed by atoms with Crippen LogP contribution in [-0.2, 0) is 11.2 Å². The number of phenols is 1. The highest BCUT2D eigenvalue weighted by Gasteiger charge is 2.30. The first-order chi connectivity index (χ1) is 7.54. The van der Waals surface area contributed by atoms with E-state index >= 15 is 0 Å². The fraction of sp³-hybridized carbons (Fsp3) is 0.364. The standard InChI is InChI=1S/C11H11BrO4/c1-5-3-6-9(11(14)16-5)8(15-2)4-7(13)10(6)12/h4-5,13H,3H2,1-2H3. The average molecular weight is 287 g/mol. The van der Waals surface area contributed by atoms with E-state index in [0.717, 1.165) is 5.56 Å². The topological polar surface area (TPSA) is 55.8 Å². The summed E-state index contributed by atoms with van der Waals surface area (Å²) in [5.74, 6) is -0.00333. The van der Waals surface area contributed by atoms with E-state index in [2.05, 4.69) is 15.9 Å². The van der Waals surface area contributed by atoms with E-state index in [1.54, 1.807) is 0 Å². The molecule has 1 unspecified atom stereocenters. The molecule has 86 valence electrons. The third-order valence-electron chi connectivity index (χ3n) is 2.53. The Hall–Kier alpha value is -1.23. The number of halogens is 1. The van der Waals surface area contributed by atoms with Crippen LogP contribution >= 0.6 is 15.9 Å². The molecule has 0 aliphatic carbocycles. The van der Waals surface area contributed by atoms with Crippen LogP contribution in [0.1, 0.15) is 22.8 Å². The van der Waals surface area contributed by atoms with E-state index in [-0.39, 0.29) is 11.9 Å². The van der Waals surface area contributed by atoms with Crippen LogP contribution in [0.2, 0.25) is 0 Å². The predicted molar refractivity (Wildman–Crippen MR) is 60.9 cm³/mol. The van der Waals surface area contributed by atoms with Gasteiger partial charge in [0.05, 0.1) is 11.6 Å². The van der Waals surface area contributed by atoms with Crippen molar-refractivity contribution in [2.24, 2.45) is 0 Å². The summed E-state index contributed by atoms with van der Waals surface area (Å²) in [5.41, 5.74) is 1.13. The summed E-state index contributed by atoms with van der Waals surface area (Å²) in [6.07, 6.45) is 0.370. The predicted octanol–water partition coefficient (Wildman–Crippen LogP) is 2.26. The van der Waals surface area contributed by atoms with Crippen LogP contribution in [0.5, 0.6) is 11.5 Å². The SMILES string of the molecule is COc1cc(O)c(Br)c2c1C(=O)OC(C)C2. The minimum Gasteiger partial charge on any atom is -0.507 e. The maximum Gasteiger partial charge on any atom is 0.342 e. The van der Waals surface area contributed by atoms with Gasteiger partial charge in [-0.15, -0.1) is 0 Å². The van der Waals surface area contributed by atoms with E-state index in [1.807, 2.05) is 6.92 Å². The minimum atomic E-state index is -0.411. The number of benzene rings is 1. The molecule has 1 heterocycles. The highest BCUT2D eigenvalue weighted by molar-refractivity contribution is 9.10. The third kappa shape index (κ3) is 1.65. The Morgan fingerprint density at radius 1 is 1.62 bits per heavy atom. The first-order valence-corrected chi connectivity index (χ1v) is 5.63. The molecule has 5 heteroatoms. The molecule has 1 N–H and O–H groups in total. The molecule has 2 rings (SSSR count). The van der Waals surface area contributed by atoms with E-state index in [4.69, 9.17) is 9.47 Å². The first-order valence-electron chi connectivity index (χ1n) is 4.84. The van der Waals surface area contributed by atoms with Gasteiger partial charge >= 0.3 is 5.97 Å². The number of phenolic OH excluding ortho intramolecular Hbond substituents is 1. The quantitative estimate of drug-likeness (QED) is 0.805. The monoisotopic (exact) mass is 286 g/mol. The van der Waals surface area contributed by atoms with Crippen molar-refractivity contribution in [3.8, 4) is 11.5 Å². The summed E-state index contributed by atoms with van der Waals surface area (Å²) in [6.45, 7) is 1.81. The highest BCUT2D eigenvalue weighted by atomic mass is 79.9. The lowest BCUT2D eigenvalue weighted by Gasteiger charge is -2.24. The minimum absolute atomic E-state index is 0.0671. The molecule has 0 amide bonds. The zero-order chi connectivity index (χ0) is 11.9. The summed E-state index contributed by atoms with van der Waals surface area (Å²) in [4.78, 5) is 11.7. The molecule has 0 radical (unpaired) electrons. The van der Waals surface area contributed by atoms with Gasteiger partial charge in [-0.05, 0) is 28.4 Å². The van der Waals surface area contributed by atoms with E-state index in [1.165, 1.54) is 13.2 Å². The van der Waals surface area contributed by atoms with Crippen LogP contribution in [-0.4, -0.2) is 24.3 Å². The van der Waals surface area contributed by atoms with Gasteiger partial charge in [0.2, 0.25) is 0 Å². The maximum absolute atomic E-state index is 11.7. The Bertz CT molecular complexity index is 456. The second-order valence-corrected chi connectivity index (χ2v) is 4.48. The van der Waals surface area contributed by atoms with Crippen molar-refractivity contribution >= 4 is 21.9 Å². The normalized spacial score (nSPS) is 18.9. The van der Waals surface area contributed by atoms with Crippen LogP contribution in [0.3, 0.4) is 0 Å². The molecule has 0 saturated carbocycles. The van der Waals surface area contributed by atoms with Gasteiger partial charge in [0.15, 0.2) is 0 Å². The number of fused-ring (bicyclic) bond motifs is 1. The van der Waals surface area contributed by atoms with Crippen LogP contribution in [0.4, 0.5) is 0 Å². The lowest BCUT2D eigenvalue weighted by atomic mass is 9.98. The first kappa shape index (κ1) is 11.3. The molecule has 1 aromatic rings. The molecule has 1 aliphatic heterocycles. The summed E-state index contributed by atoms with van der Waals surface area (Å²) < 4.78 is 10.7. The van der Waals surface area contributed by atoms with Gasteiger partial charge in [-0.3, -0.25) is 0 Å². The lowest BCUT2D eigenvalue weighted by Crippen LogP contribution is -2.26. The van der Waals surface area contributed by atoms with Crippen LogP contribution in [0.25, 0.3) is 0 Å². The molecule has 16 heavy (non-hydrogen) atoms. The Morgan fingerprint density at radius 2 is 2.31 bits per heavy atom. The van der Waals surface area contributed by atoms with Gasteiger partial charge < -0.3 is 14.6 Å². The smallest absolute Gasteiger partial charge is 0.342 e. The zero-order valence-corrected chi connectivity index (χ0v) is 10.5. The molecular weight excluding hydrogens is 276 g/mol. The van der Waals surface area contributed by atoms with Crippen LogP contribution in [0, 0.1) is 0 Å². The highest BCUT2D eigenvalue weighted by Crippen LogP contribution is 2.40. The number of carbonyl (C=O) groups excluding carboxylic acids is 1.